The highest BCUT2D eigenvalue weighted by molar-refractivity contribution is 7.10. The molecule has 5 atom stereocenters. The molecule has 7 heterocycles. The molecule has 1 aromatic carbocycles. The SMILES string of the molecule is COC(=O)c1cc(C(=O)N2CCCC2c2nc(CC3CC(C)N(c4cc(C(=O)N5CCCC5c5nc(C)cs5)cc(C(=O)NNC(=O)C(C)(Cc5ccccc5)NC(=O)OC(C)(C)C)n4)C3=O)cs2)cc(N(C(C)=O)C(C)C)n1. The second-order valence-electron chi connectivity index (χ2n) is 21.7. The summed E-state index contributed by atoms with van der Waals surface area (Å²) in [5.41, 5.74) is 4.51. The van der Waals surface area contributed by atoms with Crippen molar-refractivity contribution in [2.75, 3.05) is 30.0 Å². The summed E-state index contributed by atoms with van der Waals surface area (Å²) in [5, 5.41) is 7.95. The van der Waals surface area contributed by atoms with Gasteiger partial charge in [0.2, 0.25) is 11.8 Å². The van der Waals surface area contributed by atoms with Crippen LogP contribution in [0, 0.1) is 12.8 Å². The van der Waals surface area contributed by atoms with Gasteiger partial charge in [-0.05, 0) is 117 Å². The molecular formula is C56H67N11O10S2. The highest BCUT2D eigenvalue weighted by Crippen LogP contribution is 2.39. The van der Waals surface area contributed by atoms with Crippen LogP contribution in [0.3, 0.4) is 0 Å². The number of hydrogen-bond acceptors (Lipinski definition) is 16. The second kappa shape index (κ2) is 23.7. The molecule has 23 heteroatoms. The molecule has 3 saturated heterocycles. The third-order valence-electron chi connectivity index (χ3n) is 14.0. The number of hydrazine groups is 1. The summed E-state index contributed by atoms with van der Waals surface area (Å²) in [7, 11) is 1.21. The molecule has 0 saturated carbocycles. The third kappa shape index (κ3) is 13.1. The zero-order valence-corrected chi connectivity index (χ0v) is 47.7. The van der Waals surface area contributed by atoms with E-state index in [2.05, 4.69) is 31.1 Å². The number of likely N-dealkylation sites (tertiary alicyclic amines) is 2. The first-order valence-electron chi connectivity index (χ1n) is 26.3. The largest absolute Gasteiger partial charge is 0.464 e. The Morgan fingerprint density at radius 2 is 1.43 bits per heavy atom. The lowest BCUT2D eigenvalue weighted by molar-refractivity contribution is -0.128. The molecule has 0 radical (unpaired) electrons. The maximum atomic E-state index is 14.7. The number of pyridine rings is 2. The molecule has 3 N–H and O–H groups in total. The van der Waals surface area contributed by atoms with Gasteiger partial charge >= 0.3 is 12.1 Å². The van der Waals surface area contributed by atoms with Crippen LogP contribution in [-0.4, -0.2) is 121 Å². The molecule has 418 valence electrons. The Morgan fingerprint density at radius 3 is 2.03 bits per heavy atom. The lowest BCUT2D eigenvalue weighted by atomic mass is 9.92. The molecule has 0 bridgehead atoms. The molecule has 0 spiro atoms. The lowest BCUT2D eigenvalue weighted by Gasteiger charge is -2.31. The van der Waals surface area contributed by atoms with E-state index in [-0.39, 0.29) is 82.7 Å². The van der Waals surface area contributed by atoms with Crippen LogP contribution in [0.4, 0.5) is 16.4 Å². The van der Waals surface area contributed by atoms with Crippen LogP contribution in [0.25, 0.3) is 0 Å². The summed E-state index contributed by atoms with van der Waals surface area (Å²) in [4.78, 5) is 136. The fraction of sp³-hybridized carbons (Fsp3) is 0.464. The number of nitrogens with zero attached hydrogens (tertiary/aromatic N) is 8. The van der Waals surface area contributed by atoms with Crippen LogP contribution < -0.4 is 26.0 Å². The molecule has 5 aromatic rings. The maximum Gasteiger partial charge on any atom is 0.408 e. The first-order chi connectivity index (χ1) is 37.4. The molecule has 3 aliphatic heterocycles. The summed E-state index contributed by atoms with van der Waals surface area (Å²) >= 11 is 2.85. The fourth-order valence-corrected chi connectivity index (χ4v) is 12.3. The van der Waals surface area contributed by atoms with E-state index in [1.54, 1.807) is 68.7 Å². The number of anilines is 2. The molecule has 3 fully saturated rings. The molecule has 8 rings (SSSR count). The van der Waals surface area contributed by atoms with Gasteiger partial charge in [0, 0.05) is 78.4 Å². The number of thiazole rings is 2. The number of nitrogens with one attached hydrogen (secondary N) is 3. The van der Waals surface area contributed by atoms with Crippen molar-refractivity contribution in [2.24, 2.45) is 5.92 Å². The quantitative estimate of drug-likeness (QED) is 0.0679. The van der Waals surface area contributed by atoms with Crippen molar-refractivity contribution in [2.45, 2.75) is 143 Å². The van der Waals surface area contributed by atoms with Crippen LogP contribution in [0.2, 0.25) is 0 Å². The van der Waals surface area contributed by atoms with Crippen LogP contribution in [0.15, 0.2) is 65.4 Å². The molecule has 3 aliphatic rings. The van der Waals surface area contributed by atoms with Crippen molar-refractivity contribution >= 4 is 81.8 Å². The Kier molecular flexibility index (Phi) is 17.3. The summed E-state index contributed by atoms with van der Waals surface area (Å²) in [5.74, 6) is -4.13. The van der Waals surface area contributed by atoms with Crippen molar-refractivity contribution in [1.29, 1.82) is 0 Å². The fourth-order valence-electron chi connectivity index (χ4n) is 10.4. The van der Waals surface area contributed by atoms with E-state index in [1.807, 2.05) is 30.7 Å². The van der Waals surface area contributed by atoms with Gasteiger partial charge in [-0.1, -0.05) is 30.3 Å². The van der Waals surface area contributed by atoms with Crippen LogP contribution in [0.1, 0.15) is 168 Å². The molecule has 0 aliphatic carbocycles. The Hall–Kier alpha value is -7.66. The number of benzene rings is 1. The molecule has 4 aromatic heterocycles. The zero-order valence-electron chi connectivity index (χ0n) is 46.1. The Balaban J connectivity index is 1.04. The van der Waals surface area contributed by atoms with Crippen LogP contribution >= 0.6 is 22.7 Å². The van der Waals surface area contributed by atoms with Crippen molar-refractivity contribution in [1.82, 2.24) is 45.9 Å². The molecule has 5 unspecified atom stereocenters. The Labute approximate surface area is 466 Å². The smallest absolute Gasteiger partial charge is 0.408 e. The summed E-state index contributed by atoms with van der Waals surface area (Å²) in [6.07, 6.45) is 2.56. The number of alkyl carbamates (subject to hydrolysis) is 1. The lowest BCUT2D eigenvalue weighted by Crippen LogP contribution is -2.61. The average Bonchev–Trinajstić information content (AvgIpc) is 4.33. The van der Waals surface area contributed by atoms with Crippen molar-refractivity contribution in [3.8, 4) is 0 Å². The molecule has 7 amide bonds. The average molecular weight is 1120 g/mol. The molecular weight excluding hydrogens is 1050 g/mol. The van der Waals surface area contributed by atoms with Gasteiger partial charge in [-0.25, -0.2) is 29.5 Å². The number of hydrogen-bond donors (Lipinski definition) is 3. The van der Waals surface area contributed by atoms with Gasteiger partial charge in [0.25, 0.3) is 23.6 Å². The molecule has 21 nitrogen and oxygen atoms in total. The number of esters is 1. The van der Waals surface area contributed by atoms with E-state index in [4.69, 9.17) is 14.5 Å². The van der Waals surface area contributed by atoms with Gasteiger partial charge in [-0.2, -0.15) is 0 Å². The van der Waals surface area contributed by atoms with Crippen molar-refractivity contribution < 1.29 is 47.8 Å². The normalized spacial score (nSPS) is 19.0. The Morgan fingerprint density at radius 1 is 0.810 bits per heavy atom. The van der Waals surface area contributed by atoms with Gasteiger partial charge in [0.15, 0.2) is 5.69 Å². The number of methoxy groups -OCH3 is 1. The number of amides is 7. The van der Waals surface area contributed by atoms with E-state index in [0.717, 1.165) is 22.7 Å². The van der Waals surface area contributed by atoms with Gasteiger partial charge < -0.3 is 24.6 Å². The predicted molar refractivity (Wildman–Crippen MR) is 295 cm³/mol. The highest BCUT2D eigenvalue weighted by atomic mass is 32.1. The van der Waals surface area contributed by atoms with Gasteiger partial charge in [-0.3, -0.25) is 49.4 Å². The topological polar surface area (TPSA) is 256 Å². The minimum atomic E-state index is -1.62. The predicted octanol–water partition coefficient (Wildman–Crippen LogP) is 7.47. The van der Waals surface area contributed by atoms with E-state index in [9.17, 15) is 38.4 Å². The third-order valence-corrected chi connectivity index (χ3v) is 16.0. The molecule has 79 heavy (non-hydrogen) atoms. The first kappa shape index (κ1) is 57.5. The van der Waals surface area contributed by atoms with E-state index in [1.165, 1.54) is 77.7 Å². The number of ether oxygens (including phenoxy) is 2. The summed E-state index contributed by atoms with van der Waals surface area (Å²) < 4.78 is 10.4. The Bertz CT molecular complexity index is 3160. The first-order valence-corrected chi connectivity index (χ1v) is 28.1. The number of aryl methyl sites for hydroxylation is 1. The summed E-state index contributed by atoms with van der Waals surface area (Å²) in [6.45, 7) is 16.2. The van der Waals surface area contributed by atoms with Crippen LogP contribution in [0.5, 0.6) is 0 Å². The number of carbonyl (C=O) groups excluding carboxylic acids is 8. The number of rotatable bonds is 15. The van der Waals surface area contributed by atoms with E-state index in [0.29, 0.717) is 49.5 Å². The maximum absolute atomic E-state index is 14.7. The standard InChI is InChI=1S/C56H67N11O10S2/c1-31(2)66(34(5)68)44-26-38(25-41(60-44)52(73)76-10)50(71)65-21-15-19-43(65)48-58-39(30-79-48)23-36-22-33(4)67(51(36)72)45-27-37(49(70)64-20-14-18-42(64)47-57-32(3)29-78-47)24-40(59-45)46(69)62-63-53(74)56(9,28-35-16-12-11-13-17-35)61-54(75)77-55(6,7)8/h11-13,16-17,24-27,29-31,33,36,42-43H,14-15,18-23,28H2,1-10H3,(H,61,75)(H,62,69)(H,63,74). The number of aromatic nitrogens is 4. The van der Waals surface area contributed by atoms with Crippen LogP contribution in [-0.2, 0) is 36.7 Å². The number of carbonyl (C=O) groups is 8. The summed E-state index contributed by atoms with van der Waals surface area (Å²) in [6, 6.07) is 13.3. The highest BCUT2D eigenvalue weighted by Gasteiger charge is 2.42. The van der Waals surface area contributed by atoms with Gasteiger partial charge in [0.05, 0.1) is 24.9 Å². The van der Waals surface area contributed by atoms with E-state index < -0.39 is 53.0 Å². The zero-order chi connectivity index (χ0) is 57.1. The second-order valence-corrected chi connectivity index (χ2v) is 23.5. The monoisotopic (exact) mass is 1120 g/mol. The van der Waals surface area contributed by atoms with Crippen molar-refractivity contribution in [3.05, 3.63) is 115 Å². The minimum absolute atomic E-state index is 0.0308. The minimum Gasteiger partial charge on any atom is -0.464 e. The van der Waals surface area contributed by atoms with E-state index >= 15 is 0 Å². The van der Waals surface area contributed by atoms with Gasteiger partial charge in [-0.15, -0.1) is 22.7 Å². The van der Waals surface area contributed by atoms with Gasteiger partial charge in [0.1, 0.15) is 38.5 Å². The van der Waals surface area contributed by atoms with Crippen molar-refractivity contribution in [3.63, 3.8) is 0 Å².